The summed E-state index contributed by atoms with van der Waals surface area (Å²) < 4.78 is 1.80. The molecule has 2 amide bonds. The molecular weight excluding hydrogens is 414 g/mol. The summed E-state index contributed by atoms with van der Waals surface area (Å²) in [4.78, 5) is 31.1. The molecule has 1 aromatic heterocycles. The Hall–Kier alpha value is -2.93. The highest BCUT2D eigenvalue weighted by atomic mass is 16.2. The number of carbonyl (C=O) groups excluding carboxylic acids is 2. The van der Waals surface area contributed by atoms with Gasteiger partial charge in [-0.3, -0.25) is 24.1 Å². The van der Waals surface area contributed by atoms with E-state index in [-0.39, 0.29) is 18.4 Å². The third-order valence-electron chi connectivity index (χ3n) is 5.86. The highest BCUT2D eigenvalue weighted by molar-refractivity contribution is 6.17. The minimum atomic E-state index is -0.212. The maximum absolute atomic E-state index is 13.9. The van der Waals surface area contributed by atoms with Gasteiger partial charge in [-0.15, -0.1) is 6.58 Å². The number of para-hydroxylation sites is 2. The molecule has 7 nitrogen and oxygen atoms in total. The molecule has 0 radical (unpaired) electrons. The summed E-state index contributed by atoms with van der Waals surface area (Å²) in [6.07, 6.45) is 7.36. The van der Waals surface area contributed by atoms with Gasteiger partial charge in [0.15, 0.2) is 5.69 Å². The summed E-state index contributed by atoms with van der Waals surface area (Å²) >= 11 is 0. The Morgan fingerprint density at radius 2 is 1.91 bits per heavy atom. The number of nitrogens with zero attached hydrogens (tertiary/aromatic N) is 4. The zero-order chi connectivity index (χ0) is 23.8. The first-order valence-electron chi connectivity index (χ1n) is 12.2. The van der Waals surface area contributed by atoms with Crippen molar-refractivity contribution in [1.29, 1.82) is 0 Å². The van der Waals surface area contributed by atoms with Gasteiger partial charge < -0.3 is 5.32 Å². The third-order valence-corrected chi connectivity index (χ3v) is 5.86. The van der Waals surface area contributed by atoms with E-state index in [1.54, 1.807) is 9.58 Å². The number of unbranched alkanes of at least 4 members (excludes halogenated alkanes) is 2. The van der Waals surface area contributed by atoms with E-state index in [0.29, 0.717) is 35.8 Å². The number of aryl methyl sites for hydroxylation is 2. The molecule has 0 aliphatic carbocycles. The van der Waals surface area contributed by atoms with E-state index >= 15 is 0 Å². The quantitative estimate of drug-likeness (QED) is 0.453. The number of amides is 2. The van der Waals surface area contributed by atoms with Gasteiger partial charge in [-0.2, -0.15) is 5.10 Å². The van der Waals surface area contributed by atoms with E-state index < -0.39 is 0 Å². The van der Waals surface area contributed by atoms with Gasteiger partial charge in [-0.05, 0) is 44.4 Å². The molecule has 1 aromatic carbocycles. The predicted molar refractivity (Wildman–Crippen MR) is 134 cm³/mol. The average Bonchev–Trinajstić information content (AvgIpc) is 3.09. The zero-order valence-electron chi connectivity index (χ0n) is 20.3. The van der Waals surface area contributed by atoms with Crippen LogP contribution in [0.4, 0.5) is 17.1 Å². The smallest absolute Gasteiger partial charge is 0.276 e. The molecule has 178 valence electrons. The summed E-state index contributed by atoms with van der Waals surface area (Å²) in [5, 5.41) is 7.88. The number of rotatable bonds is 12. The fraction of sp³-hybridized carbons (Fsp3) is 0.500. The molecule has 2 heterocycles. The van der Waals surface area contributed by atoms with Crippen LogP contribution in [0.5, 0.6) is 0 Å². The molecule has 33 heavy (non-hydrogen) atoms. The number of carbonyl (C=O) groups is 2. The number of hydrogen-bond donors (Lipinski definition) is 1. The summed E-state index contributed by atoms with van der Waals surface area (Å²) in [5.41, 5.74) is 3.26. The standard InChI is InChI=1S/C26H37N5O2/c1-5-9-13-21-24-25(30(28-21)18-10-6-2)26(33)27-20-14-11-12-15-22(20)31(24)23(32)19-29(16-7-3)17-8-4/h7,11-12,14-15H,3,5-6,8-10,13,16-19H2,1-2,4H3,(H,27,33). The van der Waals surface area contributed by atoms with Crippen LogP contribution in [-0.2, 0) is 17.8 Å². The Balaban J connectivity index is 2.16. The molecule has 0 unspecified atom stereocenters. The topological polar surface area (TPSA) is 70.5 Å². The van der Waals surface area contributed by atoms with Gasteiger partial charge in [-0.1, -0.05) is 51.8 Å². The SMILES string of the molecule is C=CCN(CCC)CC(=O)N1c2ccccc2NC(=O)c2c1c(CCCC)nn2CCCC. The van der Waals surface area contributed by atoms with Crippen LogP contribution in [-0.4, -0.2) is 46.1 Å². The van der Waals surface area contributed by atoms with Crippen LogP contribution in [0.3, 0.4) is 0 Å². The second-order valence-electron chi connectivity index (χ2n) is 8.55. The molecule has 0 saturated carbocycles. The zero-order valence-corrected chi connectivity index (χ0v) is 20.3. The summed E-state index contributed by atoms with van der Waals surface area (Å²) in [6.45, 7) is 12.5. The van der Waals surface area contributed by atoms with Gasteiger partial charge in [0.2, 0.25) is 5.91 Å². The van der Waals surface area contributed by atoms with Crippen LogP contribution in [0, 0.1) is 0 Å². The van der Waals surface area contributed by atoms with Crippen molar-refractivity contribution in [2.45, 2.75) is 65.8 Å². The maximum atomic E-state index is 13.9. The molecular formula is C26H37N5O2. The van der Waals surface area contributed by atoms with Crippen molar-refractivity contribution < 1.29 is 9.59 Å². The molecule has 2 aromatic rings. The molecule has 0 spiro atoms. The van der Waals surface area contributed by atoms with Gasteiger partial charge in [0.25, 0.3) is 5.91 Å². The summed E-state index contributed by atoms with van der Waals surface area (Å²) in [5.74, 6) is -0.279. The van der Waals surface area contributed by atoms with E-state index in [1.807, 2.05) is 30.3 Å². The highest BCUT2D eigenvalue weighted by Crippen LogP contribution is 2.40. The van der Waals surface area contributed by atoms with Crippen LogP contribution in [0.15, 0.2) is 36.9 Å². The Bertz CT molecular complexity index is 981. The van der Waals surface area contributed by atoms with Crippen LogP contribution >= 0.6 is 0 Å². The summed E-state index contributed by atoms with van der Waals surface area (Å²) in [6, 6.07) is 7.52. The van der Waals surface area contributed by atoms with Gasteiger partial charge in [0.1, 0.15) is 5.69 Å². The van der Waals surface area contributed by atoms with Crippen molar-refractivity contribution in [3.8, 4) is 0 Å². The van der Waals surface area contributed by atoms with Crippen LogP contribution in [0.25, 0.3) is 0 Å². The van der Waals surface area contributed by atoms with Crippen molar-refractivity contribution in [2.75, 3.05) is 29.9 Å². The van der Waals surface area contributed by atoms with Gasteiger partial charge >= 0.3 is 0 Å². The molecule has 3 rings (SSSR count). The Labute approximate surface area is 197 Å². The summed E-state index contributed by atoms with van der Waals surface area (Å²) in [7, 11) is 0. The van der Waals surface area contributed by atoms with E-state index in [4.69, 9.17) is 5.10 Å². The first-order chi connectivity index (χ1) is 16.0. The Kier molecular flexibility index (Phi) is 8.83. The van der Waals surface area contributed by atoms with Crippen molar-refractivity contribution in [1.82, 2.24) is 14.7 Å². The predicted octanol–water partition coefficient (Wildman–Crippen LogP) is 5.15. The van der Waals surface area contributed by atoms with E-state index in [9.17, 15) is 9.59 Å². The van der Waals surface area contributed by atoms with Crippen molar-refractivity contribution in [3.63, 3.8) is 0 Å². The van der Waals surface area contributed by atoms with E-state index in [0.717, 1.165) is 50.8 Å². The molecule has 1 aliphatic rings. The number of hydrogen-bond acceptors (Lipinski definition) is 4. The maximum Gasteiger partial charge on any atom is 0.276 e. The molecule has 7 heteroatoms. The third kappa shape index (κ3) is 5.53. The first kappa shape index (κ1) is 24.7. The fourth-order valence-corrected chi connectivity index (χ4v) is 4.28. The van der Waals surface area contributed by atoms with Crippen molar-refractivity contribution in [2.24, 2.45) is 0 Å². The second-order valence-corrected chi connectivity index (χ2v) is 8.55. The Morgan fingerprint density at radius 1 is 1.15 bits per heavy atom. The molecule has 0 bridgehead atoms. The lowest BCUT2D eigenvalue weighted by Gasteiger charge is -2.27. The van der Waals surface area contributed by atoms with E-state index in [2.05, 4.69) is 37.6 Å². The van der Waals surface area contributed by atoms with Crippen LogP contribution in [0.2, 0.25) is 0 Å². The fourth-order valence-electron chi connectivity index (χ4n) is 4.28. The second kappa shape index (κ2) is 11.8. The Morgan fingerprint density at radius 3 is 2.61 bits per heavy atom. The molecule has 0 fully saturated rings. The van der Waals surface area contributed by atoms with Crippen molar-refractivity contribution >= 4 is 28.9 Å². The number of benzene rings is 1. The largest absolute Gasteiger partial charge is 0.319 e. The molecule has 1 N–H and O–H groups in total. The van der Waals surface area contributed by atoms with Crippen LogP contribution in [0.1, 0.15) is 69.1 Å². The molecule has 1 aliphatic heterocycles. The van der Waals surface area contributed by atoms with Gasteiger partial charge in [0.05, 0.1) is 23.6 Å². The first-order valence-corrected chi connectivity index (χ1v) is 12.2. The lowest BCUT2D eigenvalue weighted by Crippen LogP contribution is -2.39. The van der Waals surface area contributed by atoms with E-state index in [1.165, 1.54) is 0 Å². The average molecular weight is 452 g/mol. The number of aromatic nitrogens is 2. The number of anilines is 3. The van der Waals surface area contributed by atoms with Crippen LogP contribution < -0.4 is 10.2 Å². The van der Waals surface area contributed by atoms with Gasteiger partial charge in [0, 0.05) is 13.1 Å². The highest BCUT2D eigenvalue weighted by Gasteiger charge is 2.35. The minimum Gasteiger partial charge on any atom is -0.319 e. The normalized spacial score (nSPS) is 12.8. The van der Waals surface area contributed by atoms with Gasteiger partial charge in [-0.25, -0.2) is 0 Å². The lowest BCUT2D eigenvalue weighted by molar-refractivity contribution is -0.118. The lowest BCUT2D eigenvalue weighted by atomic mass is 10.1. The van der Waals surface area contributed by atoms with Crippen molar-refractivity contribution in [3.05, 3.63) is 48.3 Å². The molecule has 0 atom stereocenters. The minimum absolute atomic E-state index is 0.0664. The number of nitrogens with one attached hydrogen (secondary N) is 1. The number of fused-ring (bicyclic) bond motifs is 2. The monoisotopic (exact) mass is 451 g/mol. The molecule has 0 saturated heterocycles.